The van der Waals surface area contributed by atoms with Crippen LogP contribution in [0.2, 0.25) is 0 Å². The highest BCUT2D eigenvalue weighted by atomic mass is 32.2. The third kappa shape index (κ3) is 4.24. The Morgan fingerprint density at radius 3 is 2.44 bits per heavy atom. The molecular weight excluding hydrogens is 366 g/mol. The van der Waals surface area contributed by atoms with E-state index in [4.69, 9.17) is 4.74 Å². The molecule has 0 aliphatic heterocycles. The molecule has 0 aliphatic rings. The smallest absolute Gasteiger partial charge is 0.264 e. The molecule has 1 aromatic heterocycles. The number of benzene rings is 2. The van der Waals surface area contributed by atoms with Gasteiger partial charge in [0.25, 0.3) is 5.56 Å². The lowest BCUT2D eigenvalue weighted by Gasteiger charge is -2.17. The minimum atomic E-state index is -3.86. The van der Waals surface area contributed by atoms with Crippen LogP contribution in [0.4, 0.5) is 0 Å². The average molecular weight is 385 g/mol. The van der Waals surface area contributed by atoms with E-state index in [-0.39, 0.29) is 16.2 Å². The number of H-pyrrole nitrogens is 1. The highest BCUT2D eigenvalue weighted by Gasteiger charge is 2.23. The van der Waals surface area contributed by atoms with Gasteiger partial charge >= 0.3 is 0 Å². The van der Waals surface area contributed by atoms with Crippen LogP contribution in [0.25, 0.3) is 11.3 Å². The van der Waals surface area contributed by atoms with E-state index < -0.39 is 16.1 Å². The van der Waals surface area contributed by atoms with Crippen LogP contribution in [0, 0.1) is 0 Å². The SMILES string of the molecule is COc1ccc(-c2ccc(=O)[nH]n2)cc1S(=O)(=O)N[C@@H](C)c1ccccc1. The first-order chi connectivity index (χ1) is 12.9. The highest BCUT2D eigenvalue weighted by molar-refractivity contribution is 7.89. The van der Waals surface area contributed by atoms with Crippen molar-refractivity contribution in [2.45, 2.75) is 17.9 Å². The minimum absolute atomic E-state index is 0.00159. The van der Waals surface area contributed by atoms with Crippen molar-refractivity contribution in [2.75, 3.05) is 7.11 Å². The van der Waals surface area contributed by atoms with Gasteiger partial charge < -0.3 is 4.74 Å². The number of nitrogens with zero attached hydrogens (tertiary/aromatic N) is 1. The number of hydrogen-bond acceptors (Lipinski definition) is 5. The molecule has 8 heteroatoms. The van der Waals surface area contributed by atoms with Gasteiger partial charge in [-0.15, -0.1) is 0 Å². The summed E-state index contributed by atoms with van der Waals surface area (Å²) in [7, 11) is -2.45. The third-order valence-electron chi connectivity index (χ3n) is 4.06. The first-order valence-corrected chi connectivity index (χ1v) is 9.70. The summed E-state index contributed by atoms with van der Waals surface area (Å²) >= 11 is 0. The van der Waals surface area contributed by atoms with Crippen LogP contribution in [-0.2, 0) is 10.0 Å². The van der Waals surface area contributed by atoms with Crippen LogP contribution in [0.15, 0.2) is 70.4 Å². The lowest BCUT2D eigenvalue weighted by Crippen LogP contribution is -2.27. The Morgan fingerprint density at radius 2 is 1.81 bits per heavy atom. The van der Waals surface area contributed by atoms with Crippen molar-refractivity contribution in [1.82, 2.24) is 14.9 Å². The van der Waals surface area contributed by atoms with Crippen molar-refractivity contribution < 1.29 is 13.2 Å². The maximum Gasteiger partial charge on any atom is 0.264 e. The molecule has 0 unspecified atom stereocenters. The predicted octanol–water partition coefficient (Wildman–Crippen LogP) is 2.49. The molecule has 0 fully saturated rings. The van der Waals surface area contributed by atoms with Crippen molar-refractivity contribution >= 4 is 10.0 Å². The molecule has 140 valence electrons. The van der Waals surface area contributed by atoms with E-state index in [1.165, 1.54) is 25.3 Å². The van der Waals surface area contributed by atoms with E-state index in [9.17, 15) is 13.2 Å². The summed E-state index contributed by atoms with van der Waals surface area (Å²) in [6.45, 7) is 1.77. The maximum absolute atomic E-state index is 13.0. The summed E-state index contributed by atoms with van der Waals surface area (Å²) in [5.41, 5.74) is 1.50. The second kappa shape index (κ2) is 7.73. The van der Waals surface area contributed by atoms with E-state index in [2.05, 4.69) is 14.9 Å². The molecule has 0 saturated carbocycles. The Bertz CT molecular complexity index is 1070. The number of aromatic amines is 1. The quantitative estimate of drug-likeness (QED) is 0.679. The van der Waals surface area contributed by atoms with Gasteiger partial charge in [-0.05, 0) is 36.8 Å². The lowest BCUT2D eigenvalue weighted by molar-refractivity contribution is 0.402. The first-order valence-electron chi connectivity index (χ1n) is 8.22. The molecule has 1 atom stereocenters. The second-order valence-electron chi connectivity index (χ2n) is 5.93. The first kappa shape index (κ1) is 18.8. The summed E-state index contributed by atoms with van der Waals surface area (Å²) in [6, 6.07) is 16.4. The molecular formula is C19H19N3O4S. The summed E-state index contributed by atoms with van der Waals surface area (Å²) in [4.78, 5) is 11.2. The molecule has 7 nitrogen and oxygen atoms in total. The number of aromatic nitrogens is 2. The number of nitrogens with one attached hydrogen (secondary N) is 2. The Hall–Kier alpha value is -2.97. The average Bonchev–Trinajstić information content (AvgIpc) is 2.68. The van der Waals surface area contributed by atoms with E-state index >= 15 is 0 Å². The Kier molecular flexibility index (Phi) is 5.38. The monoisotopic (exact) mass is 385 g/mol. The van der Waals surface area contributed by atoms with E-state index in [1.54, 1.807) is 19.1 Å². The fourth-order valence-corrected chi connectivity index (χ4v) is 4.08. The largest absolute Gasteiger partial charge is 0.495 e. The van der Waals surface area contributed by atoms with Crippen LogP contribution < -0.4 is 15.0 Å². The van der Waals surface area contributed by atoms with Gasteiger partial charge in [0, 0.05) is 17.7 Å². The summed E-state index contributed by atoms with van der Waals surface area (Å²) in [6.07, 6.45) is 0. The van der Waals surface area contributed by atoms with Crippen LogP contribution in [0.1, 0.15) is 18.5 Å². The number of methoxy groups -OCH3 is 1. The number of rotatable bonds is 6. The molecule has 27 heavy (non-hydrogen) atoms. The lowest BCUT2D eigenvalue weighted by atomic mass is 10.1. The summed E-state index contributed by atoms with van der Waals surface area (Å²) < 4.78 is 33.8. The topological polar surface area (TPSA) is 101 Å². The van der Waals surface area contributed by atoms with Gasteiger partial charge in [-0.2, -0.15) is 5.10 Å². The Balaban J connectivity index is 1.99. The van der Waals surface area contributed by atoms with Crippen molar-refractivity contribution in [3.63, 3.8) is 0 Å². The van der Waals surface area contributed by atoms with Gasteiger partial charge in [-0.3, -0.25) is 4.79 Å². The summed E-state index contributed by atoms with van der Waals surface area (Å²) in [5, 5.41) is 6.28. The van der Waals surface area contributed by atoms with Crippen molar-refractivity contribution in [3.8, 4) is 17.0 Å². The van der Waals surface area contributed by atoms with E-state index in [0.29, 0.717) is 11.3 Å². The molecule has 2 N–H and O–H groups in total. The van der Waals surface area contributed by atoms with Gasteiger partial charge in [0.1, 0.15) is 10.6 Å². The normalized spacial score (nSPS) is 12.5. The molecule has 0 bridgehead atoms. The molecule has 2 aromatic carbocycles. The zero-order chi connectivity index (χ0) is 19.4. The number of ether oxygens (including phenoxy) is 1. The summed E-state index contributed by atoms with van der Waals surface area (Å²) in [5.74, 6) is 0.218. The van der Waals surface area contributed by atoms with Gasteiger partial charge in [0.15, 0.2) is 0 Å². The van der Waals surface area contributed by atoms with Crippen LogP contribution >= 0.6 is 0 Å². The van der Waals surface area contributed by atoms with Crippen LogP contribution in [0.3, 0.4) is 0 Å². The third-order valence-corrected chi connectivity index (χ3v) is 5.62. The zero-order valence-electron chi connectivity index (χ0n) is 14.8. The minimum Gasteiger partial charge on any atom is -0.495 e. The molecule has 1 heterocycles. The van der Waals surface area contributed by atoms with Gasteiger partial charge in [0.2, 0.25) is 10.0 Å². The molecule has 3 aromatic rings. The molecule has 0 spiro atoms. The van der Waals surface area contributed by atoms with Gasteiger partial charge in [-0.1, -0.05) is 30.3 Å². The number of hydrogen-bond donors (Lipinski definition) is 2. The molecule has 0 radical (unpaired) electrons. The van der Waals surface area contributed by atoms with Gasteiger partial charge in [-0.25, -0.2) is 18.2 Å². The zero-order valence-corrected chi connectivity index (χ0v) is 15.7. The fraction of sp³-hybridized carbons (Fsp3) is 0.158. The standard InChI is InChI=1S/C19H19N3O4S/c1-13(14-6-4-3-5-7-14)22-27(24,25)18-12-15(8-10-17(18)26-2)16-9-11-19(23)21-20-16/h3-13,22H,1-2H3,(H,21,23)/t13-/m0/s1. The molecule has 0 aliphatic carbocycles. The fourth-order valence-electron chi connectivity index (χ4n) is 2.66. The number of sulfonamides is 1. The Labute approximate surface area is 157 Å². The van der Waals surface area contributed by atoms with Crippen LogP contribution in [0.5, 0.6) is 5.75 Å². The molecule has 0 saturated heterocycles. The molecule has 3 rings (SSSR count). The Morgan fingerprint density at radius 1 is 1.07 bits per heavy atom. The van der Waals surface area contributed by atoms with Gasteiger partial charge in [0.05, 0.1) is 12.8 Å². The van der Waals surface area contributed by atoms with Crippen molar-refractivity contribution in [3.05, 3.63) is 76.6 Å². The van der Waals surface area contributed by atoms with Crippen LogP contribution in [-0.4, -0.2) is 25.7 Å². The van der Waals surface area contributed by atoms with E-state index in [0.717, 1.165) is 5.56 Å². The highest BCUT2D eigenvalue weighted by Crippen LogP contribution is 2.29. The maximum atomic E-state index is 13.0. The predicted molar refractivity (Wildman–Crippen MR) is 102 cm³/mol. The second-order valence-corrected chi connectivity index (χ2v) is 7.61. The van der Waals surface area contributed by atoms with E-state index in [1.807, 2.05) is 30.3 Å². The molecule has 0 amide bonds. The van der Waals surface area contributed by atoms with Crippen molar-refractivity contribution in [1.29, 1.82) is 0 Å². The van der Waals surface area contributed by atoms with Crippen molar-refractivity contribution in [2.24, 2.45) is 0 Å².